The number of aromatic nitrogens is 2. The second kappa shape index (κ2) is 9.15. The van der Waals surface area contributed by atoms with E-state index in [1.54, 1.807) is 36.3 Å². The number of carbonyl (C=O) groups is 3. The van der Waals surface area contributed by atoms with Gasteiger partial charge in [-0.2, -0.15) is 0 Å². The molecule has 0 saturated carbocycles. The van der Waals surface area contributed by atoms with Crippen LogP contribution in [0.2, 0.25) is 0 Å². The maximum absolute atomic E-state index is 12.5. The van der Waals surface area contributed by atoms with Gasteiger partial charge in [-0.05, 0) is 48.5 Å². The van der Waals surface area contributed by atoms with E-state index < -0.39 is 5.97 Å². The molecule has 1 aromatic heterocycles. The Labute approximate surface area is 188 Å². The number of esters is 1. The predicted octanol–water partition coefficient (Wildman–Crippen LogP) is 3.24. The van der Waals surface area contributed by atoms with Gasteiger partial charge in [-0.3, -0.25) is 19.7 Å². The van der Waals surface area contributed by atoms with E-state index in [9.17, 15) is 14.4 Å². The average molecular weight is 452 g/mol. The molecule has 2 amide bonds. The normalized spacial score (nSPS) is 15.5. The number of amides is 2. The molecular weight excluding hydrogens is 432 g/mol. The van der Waals surface area contributed by atoms with Crippen LogP contribution >= 0.6 is 11.3 Å². The van der Waals surface area contributed by atoms with Gasteiger partial charge in [-0.25, -0.2) is 0 Å². The number of hydrogen-bond acceptors (Lipinski definition) is 8. The molecule has 9 nitrogen and oxygen atoms in total. The van der Waals surface area contributed by atoms with Gasteiger partial charge >= 0.3 is 5.97 Å². The molecule has 10 heteroatoms. The summed E-state index contributed by atoms with van der Waals surface area (Å²) in [5, 5.41) is 12.0. The van der Waals surface area contributed by atoms with Gasteiger partial charge in [0.15, 0.2) is 0 Å². The third-order valence-corrected chi connectivity index (χ3v) is 5.90. The van der Waals surface area contributed by atoms with Crippen LogP contribution in [0.25, 0.3) is 0 Å². The van der Waals surface area contributed by atoms with Gasteiger partial charge < -0.3 is 14.4 Å². The van der Waals surface area contributed by atoms with Gasteiger partial charge in [-0.15, -0.1) is 10.2 Å². The minimum Gasteiger partial charge on any atom is -0.497 e. The van der Waals surface area contributed by atoms with E-state index in [1.165, 1.54) is 18.3 Å². The molecule has 1 fully saturated rings. The molecule has 2 aromatic carbocycles. The molecule has 0 radical (unpaired) electrons. The topological polar surface area (TPSA) is 111 Å². The summed E-state index contributed by atoms with van der Waals surface area (Å²) in [7, 11) is 1.59. The summed E-state index contributed by atoms with van der Waals surface area (Å²) in [6.07, 6.45) is 0.326. The Balaban J connectivity index is 1.39. The van der Waals surface area contributed by atoms with Crippen LogP contribution in [0.4, 0.5) is 10.8 Å². The quantitative estimate of drug-likeness (QED) is 0.451. The first-order chi connectivity index (χ1) is 15.4. The predicted molar refractivity (Wildman–Crippen MR) is 118 cm³/mol. The van der Waals surface area contributed by atoms with Crippen molar-refractivity contribution in [2.24, 2.45) is 0 Å². The molecule has 1 atom stereocenters. The fourth-order valence-corrected chi connectivity index (χ4v) is 4.17. The fraction of sp³-hybridized carbons (Fsp3) is 0.227. The van der Waals surface area contributed by atoms with Crippen molar-refractivity contribution in [3.63, 3.8) is 0 Å². The van der Waals surface area contributed by atoms with Crippen molar-refractivity contribution in [2.45, 2.75) is 19.3 Å². The molecule has 1 N–H and O–H groups in total. The number of rotatable bonds is 6. The van der Waals surface area contributed by atoms with Crippen LogP contribution in [0.15, 0.2) is 48.5 Å². The standard InChI is InChI=1S/C22H20N4O5S/c1-13(27)31-18-7-3-14(4-8-18)20(29)23-22-25-24-21(32-22)15-11-19(28)26(12-15)16-5-9-17(30-2)10-6-16/h3-10,15H,11-12H2,1-2H3,(H,23,25,29)/t15-/m1/s1. The maximum Gasteiger partial charge on any atom is 0.308 e. The Bertz CT molecular complexity index is 1140. The zero-order valence-corrected chi connectivity index (χ0v) is 18.2. The van der Waals surface area contributed by atoms with Crippen molar-refractivity contribution < 1.29 is 23.9 Å². The Morgan fingerprint density at radius 1 is 1.06 bits per heavy atom. The molecule has 1 aliphatic heterocycles. The molecule has 0 aliphatic carbocycles. The molecule has 3 aromatic rings. The van der Waals surface area contributed by atoms with Crippen LogP contribution < -0.4 is 19.7 Å². The van der Waals surface area contributed by atoms with Crippen LogP contribution in [-0.2, 0) is 9.59 Å². The molecule has 0 spiro atoms. The SMILES string of the molecule is COc1ccc(N2C[C@H](c3nnc(NC(=O)c4ccc(OC(C)=O)cc4)s3)CC2=O)cc1. The fourth-order valence-electron chi connectivity index (χ4n) is 3.34. The zero-order chi connectivity index (χ0) is 22.7. The van der Waals surface area contributed by atoms with Crippen LogP contribution in [0, 0.1) is 0 Å². The van der Waals surface area contributed by atoms with Crippen molar-refractivity contribution in [1.82, 2.24) is 10.2 Å². The van der Waals surface area contributed by atoms with Gasteiger partial charge in [0.05, 0.1) is 7.11 Å². The molecule has 0 bridgehead atoms. The van der Waals surface area contributed by atoms with Crippen molar-refractivity contribution in [2.75, 3.05) is 23.9 Å². The first-order valence-corrected chi connectivity index (χ1v) is 10.6. The highest BCUT2D eigenvalue weighted by Gasteiger charge is 2.34. The van der Waals surface area contributed by atoms with Crippen LogP contribution in [-0.4, -0.2) is 41.6 Å². The zero-order valence-electron chi connectivity index (χ0n) is 17.4. The lowest BCUT2D eigenvalue weighted by Gasteiger charge is -2.16. The lowest BCUT2D eigenvalue weighted by molar-refractivity contribution is -0.131. The summed E-state index contributed by atoms with van der Waals surface area (Å²) >= 11 is 1.25. The summed E-state index contributed by atoms with van der Waals surface area (Å²) in [5.41, 5.74) is 1.19. The molecule has 1 saturated heterocycles. The molecule has 2 heterocycles. The van der Waals surface area contributed by atoms with Crippen LogP contribution in [0.3, 0.4) is 0 Å². The second-order valence-corrected chi connectivity index (χ2v) is 8.13. The molecule has 164 valence electrons. The van der Waals surface area contributed by atoms with Crippen molar-refractivity contribution in [3.05, 3.63) is 59.1 Å². The summed E-state index contributed by atoms with van der Waals surface area (Å²) in [6.45, 7) is 1.80. The van der Waals surface area contributed by atoms with E-state index in [-0.39, 0.29) is 17.7 Å². The molecule has 1 aliphatic rings. The van der Waals surface area contributed by atoms with E-state index in [0.29, 0.717) is 34.4 Å². The Morgan fingerprint density at radius 2 is 1.75 bits per heavy atom. The molecule has 32 heavy (non-hydrogen) atoms. The van der Waals surface area contributed by atoms with Gasteiger partial charge in [0.25, 0.3) is 5.91 Å². The molecule has 0 unspecified atom stereocenters. The summed E-state index contributed by atoms with van der Waals surface area (Å²) in [5.74, 6) is 0.204. The lowest BCUT2D eigenvalue weighted by Crippen LogP contribution is -2.24. The van der Waals surface area contributed by atoms with E-state index >= 15 is 0 Å². The minimum atomic E-state index is -0.431. The van der Waals surface area contributed by atoms with Crippen LogP contribution in [0.5, 0.6) is 11.5 Å². The Hall–Kier alpha value is -3.79. The van der Waals surface area contributed by atoms with Crippen LogP contribution in [0.1, 0.15) is 34.6 Å². The molecular formula is C22H20N4O5S. The van der Waals surface area contributed by atoms with Crippen molar-refractivity contribution in [3.8, 4) is 11.5 Å². The third-order valence-electron chi connectivity index (χ3n) is 4.90. The number of methoxy groups -OCH3 is 1. The number of nitrogens with zero attached hydrogens (tertiary/aromatic N) is 3. The first kappa shape index (κ1) is 21.4. The lowest BCUT2D eigenvalue weighted by atomic mass is 10.1. The van der Waals surface area contributed by atoms with Gasteiger partial charge in [0.2, 0.25) is 11.0 Å². The summed E-state index contributed by atoms with van der Waals surface area (Å²) in [6, 6.07) is 13.5. The Morgan fingerprint density at radius 3 is 2.41 bits per heavy atom. The third kappa shape index (κ3) is 4.75. The maximum atomic E-state index is 12.5. The van der Waals surface area contributed by atoms with Gasteiger partial charge in [0, 0.05) is 37.1 Å². The van der Waals surface area contributed by atoms with Gasteiger partial charge in [-0.1, -0.05) is 11.3 Å². The highest BCUT2D eigenvalue weighted by atomic mass is 32.1. The van der Waals surface area contributed by atoms with E-state index in [1.807, 2.05) is 24.3 Å². The molecule has 4 rings (SSSR count). The summed E-state index contributed by atoms with van der Waals surface area (Å²) < 4.78 is 10.1. The number of benzene rings is 2. The summed E-state index contributed by atoms with van der Waals surface area (Å²) in [4.78, 5) is 37.7. The number of nitrogens with one attached hydrogen (secondary N) is 1. The smallest absolute Gasteiger partial charge is 0.308 e. The average Bonchev–Trinajstić information content (AvgIpc) is 3.40. The van der Waals surface area contributed by atoms with Gasteiger partial charge in [0.1, 0.15) is 16.5 Å². The number of hydrogen-bond donors (Lipinski definition) is 1. The second-order valence-electron chi connectivity index (χ2n) is 7.12. The number of anilines is 2. The Kier molecular flexibility index (Phi) is 6.13. The van der Waals surface area contributed by atoms with E-state index in [0.717, 1.165) is 11.4 Å². The highest BCUT2D eigenvalue weighted by molar-refractivity contribution is 7.15. The van der Waals surface area contributed by atoms with E-state index in [4.69, 9.17) is 9.47 Å². The minimum absolute atomic E-state index is 0.00817. The van der Waals surface area contributed by atoms with E-state index in [2.05, 4.69) is 15.5 Å². The van der Waals surface area contributed by atoms with Crippen molar-refractivity contribution in [1.29, 1.82) is 0 Å². The first-order valence-electron chi connectivity index (χ1n) is 9.80. The highest BCUT2D eigenvalue weighted by Crippen LogP contribution is 2.34. The number of ether oxygens (including phenoxy) is 2. The largest absolute Gasteiger partial charge is 0.497 e. The number of carbonyl (C=O) groups excluding carboxylic acids is 3. The monoisotopic (exact) mass is 452 g/mol. The van der Waals surface area contributed by atoms with Crippen molar-refractivity contribution >= 4 is 39.9 Å².